The largest absolute Gasteiger partial charge is 0.489 e. The number of fused-ring (bicyclic) bond motifs is 1. The van der Waals surface area contributed by atoms with Crippen LogP contribution >= 0.6 is 0 Å². The maximum atomic E-state index is 5.48. The fourth-order valence-corrected chi connectivity index (χ4v) is 1.36. The molecule has 0 atom stereocenters. The molecule has 0 fully saturated rings. The molecule has 1 aromatic rings. The first-order valence-electron chi connectivity index (χ1n) is 4.00. The van der Waals surface area contributed by atoms with Gasteiger partial charge in [-0.2, -0.15) is 0 Å². The molecule has 1 aliphatic heterocycles. The van der Waals surface area contributed by atoms with Gasteiger partial charge in [0.15, 0.2) is 0 Å². The van der Waals surface area contributed by atoms with Gasteiger partial charge in [-0.15, -0.1) is 0 Å². The molecule has 1 aliphatic rings. The first-order valence-corrected chi connectivity index (χ1v) is 4.00. The molecule has 0 spiro atoms. The summed E-state index contributed by atoms with van der Waals surface area (Å²) in [5, 5.41) is 0. The number of ether oxygens (including phenoxy) is 1. The van der Waals surface area contributed by atoms with E-state index < -0.39 is 0 Å². The van der Waals surface area contributed by atoms with Crippen molar-refractivity contribution in [2.24, 2.45) is 5.73 Å². The topological polar surface area (TPSA) is 35.2 Å². The zero-order chi connectivity index (χ0) is 8.39. The molecular weight excluding hydrogens is 150 g/mol. The summed E-state index contributed by atoms with van der Waals surface area (Å²) in [6.45, 7) is 0.632. The van der Waals surface area contributed by atoms with E-state index in [-0.39, 0.29) is 0 Å². The Kier molecular flexibility index (Phi) is 1.74. The van der Waals surface area contributed by atoms with Crippen LogP contribution in [0, 0.1) is 0 Å². The molecule has 0 radical (unpaired) electrons. The molecule has 0 bridgehead atoms. The minimum atomic E-state index is 0.632. The van der Waals surface area contributed by atoms with Crippen LogP contribution in [0.2, 0.25) is 0 Å². The van der Waals surface area contributed by atoms with Gasteiger partial charge in [-0.1, -0.05) is 18.2 Å². The van der Waals surface area contributed by atoms with Crippen molar-refractivity contribution >= 4 is 0 Å². The van der Waals surface area contributed by atoms with E-state index in [1.165, 1.54) is 5.56 Å². The second kappa shape index (κ2) is 2.89. The van der Waals surface area contributed by atoms with Crippen molar-refractivity contribution in [2.45, 2.75) is 6.42 Å². The maximum Gasteiger partial charge on any atom is 0.123 e. The summed E-state index contributed by atoms with van der Waals surface area (Å²) >= 11 is 0. The van der Waals surface area contributed by atoms with E-state index in [0.717, 1.165) is 17.7 Å². The Labute approximate surface area is 71.6 Å². The van der Waals surface area contributed by atoms with Crippen molar-refractivity contribution in [1.82, 2.24) is 0 Å². The SMILES string of the molecule is NC=C1COc2ccccc2C1. The van der Waals surface area contributed by atoms with Crippen LogP contribution in [0.25, 0.3) is 0 Å². The van der Waals surface area contributed by atoms with Crippen LogP contribution in [-0.2, 0) is 6.42 Å². The van der Waals surface area contributed by atoms with Gasteiger partial charge in [-0.3, -0.25) is 0 Å². The molecule has 0 aromatic heterocycles. The normalized spacial score (nSPS) is 18.5. The summed E-state index contributed by atoms with van der Waals surface area (Å²) in [5.41, 5.74) is 7.79. The van der Waals surface area contributed by atoms with Crippen molar-refractivity contribution in [2.75, 3.05) is 6.61 Å². The molecule has 2 heteroatoms. The van der Waals surface area contributed by atoms with Crippen LogP contribution in [0.15, 0.2) is 36.0 Å². The monoisotopic (exact) mass is 161 g/mol. The summed E-state index contributed by atoms with van der Waals surface area (Å²) in [6, 6.07) is 8.05. The van der Waals surface area contributed by atoms with Crippen molar-refractivity contribution in [3.63, 3.8) is 0 Å². The lowest BCUT2D eigenvalue weighted by atomic mass is 10.0. The molecular formula is C10H11NO. The number of benzene rings is 1. The summed E-state index contributed by atoms with van der Waals surface area (Å²) in [7, 11) is 0. The van der Waals surface area contributed by atoms with Crippen LogP contribution < -0.4 is 10.5 Å². The quantitative estimate of drug-likeness (QED) is 0.625. The van der Waals surface area contributed by atoms with Crippen molar-refractivity contribution in [3.8, 4) is 5.75 Å². The predicted octanol–water partition coefficient (Wildman–Crippen LogP) is 1.46. The van der Waals surface area contributed by atoms with Gasteiger partial charge in [0.1, 0.15) is 12.4 Å². The standard InChI is InChI=1S/C10H11NO/c11-6-8-5-9-3-1-2-4-10(9)12-7-8/h1-4,6H,5,7,11H2. The number of hydrogen-bond acceptors (Lipinski definition) is 2. The third-order valence-corrected chi connectivity index (χ3v) is 2.04. The Morgan fingerprint density at radius 3 is 3.00 bits per heavy atom. The molecule has 0 amide bonds. The molecule has 62 valence electrons. The van der Waals surface area contributed by atoms with Gasteiger partial charge in [-0.05, 0) is 23.4 Å². The van der Waals surface area contributed by atoms with Gasteiger partial charge in [0.05, 0.1) is 0 Å². The minimum absolute atomic E-state index is 0.632. The van der Waals surface area contributed by atoms with Crippen molar-refractivity contribution in [1.29, 1.82) is 0 Å². The smallest absolute Gasteiger partial charge is 0.123 e. The number of para-hydroxylation sites is 1. The summed E-state index contributed by atoms with van der Waals surface area (Å²) in [6.07, 6.45) is 2.56. The Morgan fingerprint density at radius 1 is 1.33 bits per heavy atom. The third kappa shape index (κ3) is 1.16. The lowest BCUT2D eigenvalue weighted by Crippen LogP contribution is -2.12. The minimum Gasteiger partial charge on any atom is -0.489 e. The third-order valence-electron chi connectivity index (χ3n) is 2.04. The zero-order valence-electron chi connectivity index (χ0n) is 6.79. The highest BCUT2D eigenvalue weighted by Crippen LogP contribution is 2.25. The van der Waals surface area contributed by atoms with E-state index in [1.54, 1.807) is 6.20 Å². The Balaban J connectivity index is 2.35. The fraction of sp³-hybridized carbons (Fsp3) is 0.200. The van der Waals surface area contributed by atoms with E-state index in [1.807, 2.05) is 18.2 Å². The average Bonchev–Trinajstić information content (AvgIpc) is 2.17. The first-order chi connectivity index (χ1) is 5.90. The van der Waals surface area contributed by atoms with Crippen LogP contribution in [0.5, 0.6) is 5.75 Å². The second-order valence-corrected chi connectivity index (χ2v) is 2.90. The fourth-order valence-electron chi connectivity index (χ4n) is 1.36. The van der Waals surface area contributed by atoms with Crippen molar-refractivity contribution in [3.05, 3.63) is 41.6 Å². The predicted molar refractivity (Wildman–Crippen MR) is 47.9 cm³/mol. The maximum absolute atomic E-state index is 5.48. The molecule has 2 nitrogen and oxygen atoms in total. The van der Waals surface area contributed by atoms with Crippen LogP contribution in [-0.4, -0.2) is 6.61 Å². The summed E-state index contributed by atoms with van der Waals surface area (Å²) < 4.78 is 5.48. The van der Waals surface area contributed by atoms with E-state index in [2.05, 4.69) is 6.07 Å². The van der Waals surface area contributed by atoms with E-state index in [4.69, 9.17) is 10.5 Å². The van der Waals surface area contributed by atoms with Gasteiger partial charge in [-0.25, -0.2) is 0 Å². The van der Waals surface area contributed by atoms with E-state index in [9.17, 15) is 0 Å². The highest BCUT2D eigenvalue weighted by atomic mass is 16.5. The van der Waals surface area contributed by atoms with Crippen LogP contribution in [0.1, 0.15) is 5.56 Å². The summed E-state index contributed by atoms with van der Waals surface area (Å²) in [5.74, 6) is 0.989. The Hall–Kier alpha value is -1.44. The number of nitrogens with two attached hydrogens (primary N) is 1. The molecule has 12 heavy (non-hydrogen) atoms. The second-order valence-electron chi connectivity index (χ2n) is 2.90. The average molecular weight is 161 g/mol. The molecule has 1 aromatic carbocycles. The van der Waals surface area contributed by atoms with Crippen LogP contribution in [0.4, 0.5) is 0 Å². The van der Waals surface area contributed by atoms with Gasteiger partial charge < -0.3 is 10.5 Å². The van der Waals surface area contributed by atoms with Crippen molar-refractivity contribution < 1.29 is 4.74 Å². The van der Waals surface area contributed by atoms with E-state index in [0.29, 0.717) is 6.61 Å². The van der Waals surface area contributed by atoms with E-state index >= 15 is 0 Å². The number of rotatable bonds is 0. The van der Waals surface area contributed by atoms with Gasteiger partial charge in [0.2, 0.25) is 0 Å². The molecule has 0 saturated carbocycles. The summed E-state index contributed by atoms with van der Waals surface area (Å²) in [4.78, 5) is 0. The lowest BCUT2D eigenvalue weighted by molar-refractivity contribution is 0.331. The van der Waals surface area contributed by atoms with Gasteiger partial charge >= 0.3 is 0 Å². The molecule has 0 saturated heterocycles. The van der Waals surface area contributed by atoms with Gasteiger partial charge in [0.25, 0.3) is 0 Å². The molecule has 0 aliphatic carbocycles. The lowest BCUT2D eigenvalue weighted by Gasteiger charge is -2.18. The Morgan fingerprint density at radius 2 is 2.17 bits per heavy atom. The van der Waals surface area contributed by atoms with Crippen LogP contribution in [0.3, 0.4) is 0 Å². The molecule has 0 unspecified atom stereocenters. The zero-order valence-corrected chi connectivity index (χ0v) is 6.79. The highest BCUT2D eigenvalue weighted by Gasteiger charge is 2.11. The highest BCUT2D eigenvalue weighted by molar-refractivity contribution is 5.39. The first kappa shape index (κ1) is 7.22. The molecule has 2 rings (SSSR count). The molecule has 1 heterocycles. The Bertz CT molecular complexity index is 317. The molecule has 2 N–H and O–H groups in total. The number of hydrogen-bond donors (Lipinski definition) is 1. The van der Waals surface area contributed by atoms with Gasteiger partial charge in [0, 0.05) is 6.42 Å².